The highest BCUT2D eigenvalue weighted by Gasteiger charge is 2.21. The Morgan fingerprint density at radius 1 is 1.40 bits per heavy atom. The first-order valence-corrected chi connectivity index (χ1v) is 5.34. The van der Waals surface area contributed by atoms with Crippen LogP contribution in [0.15, 0.2) is 24.3 Å². The van der Waals surface area contributed by atoms with Crippen molar-refractivity contribution >= 4 is 5.69 Å². The Bertz CT molecular complexity index is 314. The second-order valence-corrected chi connectivity index (χ2v) is 4.12. The maximum atomic E-state index is 13.4. The van der Waals surface area contributed by atoms with Crippen molar-refractivity contribution in [3.05, 3.63) is 30.1 Å². The molecule has 0 fully saturated rings. The third kappa shape index (κ3) is 3.20. The molecule has 0 amide bonds. The van der Waals surface area contributed by atoms with E-state index in [1.165, 1.54) is 6.07 Å². The molecule has 1 unspecified atom stereocenters. The summed E-state index contributed by atoms with van der Waals surface area (Å²) in [5, 5.41) is 3.17. The van der Waals surface area contributed by atoms with Gasteiger partial charge < -0.3 is 11.1 Å². The first kappa shape index (κ1) is 12.0. The van der Waals surface area contributed by atoms with E-state index in [4.69, 9.17) is 5.73 Å². The minimum absolute atomic E-state index is 0.225. The molecule has 84 valence electrons. The molecule has 0 saturated carbocycles. The largest absolute Gasteiger partial charge is 0.376 e. The summed E-state index contributed by atoms with van der Waals surface area (Å²) in [5.41, 5.74) is 6.01. The van der Waals surface area contributed by atoms with Crippen molar-refractivity contribution in [1.29, 1.82) is 0 Å². The first-order chi connectivity index (χ1) is 7.11. The van der Waals surface area contributed by atoms with Crippen LogP contribution in [0, 0.1) is 5.82 Å². The molecule has 0 saturated heterocycles. The van der Waals surface area contributed by atoms with E-state index in [-0.39, 0.29) is 11.4 Å². The van der Waals surface area contributed by atoms with E-state index in [0.717, 1.165) is 12.8 Å². The molecule has 1 atom stereocenters. The number of benzene rings is 1. The van der Waals surface area contributed by atoms with Crippen molar-refractivity contribution in [2.45, 2.75) is 32.2 Å². The fourth-order valence-electron chi connectivity index (χ4n) is 1.66. The molecule has 1 rings (SSSR count). The van der Waals surface area contributed by atoms with Gasteiger partial charge in [0, 0.05) is 12.1 Å². The van der Waals surface area contributed by atoms with E-state index in [9.17, 15) is 4.39 Å². The van der Waals surface area contributed by atoms with Gasteiger partial charge in [0.05, 0.1) is 5.69 Å². The van der Waals surface area contributed by atoms with Crippen molar-refractivity contribution in [2.75, 3.05) is 11.9 Å². The molecule has 0 aliphatic rings. The lowest BCUT2D eigenvalue weighted by Crippen LogP contribution is -2.42. The van der Waals surface area contributed by atoms with E-state index in [0.29, 0.717) is 12.2 Å². The van der Waals surface area contributed by atoms with Gasteiger partial charge >= 0.3 is 0 Å². The summed E-state index contributed by atoms with van der Waals surface area (Å²) < 4.78 is 13.4. The smallest absolute Gasteiger partial charge is 0.146 e. The highest BCUT2D eigenvalue weighted by atomic mass is 19.1. The minimum atomic E-state index is -0.228. The van der Waals surface area contributed by atoms with E-state index >= 15 is 0 Å². The van der Waals surface area contributed by atoms with Gasteiger partial charge in [-0.05, 0) is 25.5 Å². The average molecular weight is 210 g/mol. The Morgan fingerprint density at radius 3 is 2.60 bits per heavy atom. The summed E-state index contributed by atoms with van der Waals surface area (Å²) in [6, 6.07) is 6.68. The molecule has 0 aliphatic carbocycles. The van der Waals surface area contributed by atoms with Crippen LogP contribution in [0.5, 0.6) is 0 Å². The van der Waals surface area contributed by atoms with Crippen LogP contribution >= 0.6 is 0 Å². The zero-order valence-electron chi connectivity index (χ0n) is 9.39. The van der Waals surface area contributed by atoms with Gasteiger partial charge in [-0.2, -0.15) is 0 Å². The third-order valence-electron chi connectivity index (χ3n) is 2.56. The monoisotopic (exact) mass is 210 g/mol. The summed E-state index contributed by atoms with van der Waals surface area (Å²) in [5.74, 6) is -0.228. The fraction of sp³-hybridized carbons (Fsp3) is 0.500. The number of anilines is 1. The molecular weight excluding hydrogens is 191 g/mol. The predicted octanol–water partition coefficient (Wildman–Crippen LogP) is 2.76. The Morgan fingerprint density at radius 2 is 2.07 bits per heavy atom. The van der Waals surface area contributed by atoms with Crippen molar-refractivity contribution < 1.29 is 4.39 Å². The lowest BCUT2D eigenvalue weighted by Gasteiger charge is -2.30. The van der Waals surface area contributed by atoms with Gasteiger partial charge in [-0.25, -0.2) is 4.39 Å². The molecule has 0 spiro atoms. The molecule has 1 aromatic carbocycles. The fourth-order valence-corrected chi connectivity index (χ4v) is 1.66. The Balaban J connectivity index is 2.79. The molecule has 0 radical (unpaired) electrons. The molecule has 15 heavy (non-hydrogen) atoms. The Labute approximate surface area is 90.7 Å². The number of hydrogen-bond donors (Lipinski definition) is 2. The molecule has 3 N–H and O–H groups in total. The van der Waals surface area contributed by atoms with E-state index in [1.807, 2.05) is 13.0 Å². The van der Waals surface area contributed by atoms with Crippen molar-refractivity contribution in [2.24, 2.45) is 5.73 Å². The SMILES string of the molecule is CCCC(C)(CN)Nc1ccccc1F. The predicted molar refractivity (Wildman–Crippen MR) is 62.4 cm³/mol. The molecule has 0 aliphatic heterocycles. The highest BCUT2D eigenvalue weighted by Crippen LogP contribution is 2.21. The molecule has 0 heterocycles. The highest BCUT2D eigenvalue weighted by molar-refractivity contribution is 5.46. The summed E-state index contributed by atoms with van der Waals surface area (Å²) in [6.07, 6.45) is 1.95. The van der Waals surface area contributed by atoms with Gasteiger partial charge in [-0.15, -0.1) is 0 Å². The topological polar surface area (TPSA) is 38.0 Å². The van der Waals surface area contributed by atoms with Gasteiger partial charge in [0.2, 0.25) is 0 Å². The number of halogens is 1. The van der Waals surface area contributed by atoms with E-state index < -0.39 is 0 Å². The van der Waals surface area contributed by atoms with Crippen LogP contribution in [0.1, 0.15) is 26.7 Å². The van der Waals surface area contributed by atoms with Crippen LogP contribution in [0.4, 0.5) is 10.1 Å². The van der Waals surface area contributed by atoms with Crippen LogP contribution in [0.25, 0.3) is 0 Å². The van der Waals surface area contributed by atoms with Crippen LogP contribution in [-0.4, -0.2) is 12.1 Å². The second kappa shape index (κ2) is 5.12. The molecule has 2 nitrogen and oxygen atoms in total. The second-order valence-electron chi connectivity index (χ2n) is 4.12. The van der Waals surface area contributed by atoms with Gasteiger partial charge in [-0.1, -0.05) is 25.5 Å². The standard InChI is InChI=1S/C12H19FN2/c1-3-8-12(2,9-14)15-11-7-5-4-6-10(11)13/h4-7,15H,3,8-9,14H2,1-2H3. The van der Waals surface area contributed by atoms with Crippen LogP contribution in [0.2, 0.25) is 0 Å². The number of rotatable bonds is 5. The van der Waals surface area contributed by atoms with Crippen LogP contribution in [0.3, 0.4) is 0 Å². The van der Waals surface area contributed by atoms with Crippen molar-refractivity contribution in [3.63, 3.8) is 0 Å². The number of nitrogens with two attached hydrogens (primary N) is 1. The summed E-state index contributed by atoms with van der Waals surface area (Å²) in [7, 11) is 0. The molecular formula is C12H19FN2. The number of para-hydroxylation sites is 1. The number of hydrogen-bond acceptors (Lipinski definition) is 2. The minimum Gasteiger partial charge on any atom is -0.376 e. The van der Waals surface area contributed by atoms with E-state index in [2.05, 4.69) is 12.2 Å². The maximum Gasteiger partial charge on any atom is 0.146 e. The zero-order chi connectivity index (χ0) is 11.3. The lowest BCUT2D eigenvalue weighted by molar-refractivity contribution is 0.472. The Kier molecular flexibility index (Phi) is 4.09. The lowest BCUT2D eigenvalue weighted by atomic mass is 9.96. The zero-order valence-corrected chi connectivity index (χ0v) is 9.39. The molecule has 1 aromatic rings. The van der Waals surface area contributed by atoms with Crippen LogP contribution < -0.4 is 11.1 Å². The molecule has 3 heteroatoms. The van der Waals surface area contributed by atoms with Crippen molar-refractivity contribution in [1.82, 2.24) is 0 Å². The van der Waals surface area contributed by atoms with Gasteiger partial charge in [0.1, 0.15) is 5.82 Å². The number of nitrogens with one attached hydrogen (secondary N) is 1. The summed E-state index contributed by atoms with van der Waals surface area (Å²) in [4.78, 5) is 0. The Hall–Kier alpha value is -1.09. The summed E-state index contributed by atoms with van der Waals surface area (Å²) in [6.45, 7) is 4.61. The van der Waals surface area contributed by atoms with E-state index in [1.54, 1.807) is 12.1 Å². The summed E-state index contributed by atoms with van der Waals surface area (Å²) >= 11 is 0. The third-order valence-corrected chi connectivity index (χ3v) is 2.56. The quantitative estimate of drug-likeness (QED) is 0.784. The first-order valence-electron chi connectivity index (χ1n) is 5.34. The normalized spacial score (nSPS) is 14.7. The van der Waals surface area contributed by atoms with Gasteiger partial charge in [0.25, 0.3) is 0 Å². The molecule has 0 aromatic heterocycles. The maximum absolute atomic E-state index is 13.4. The van der Waals surface area contributed by atoms with Crippen LogP contribution in [-0.2, 0) is 0 Å². The molecule has 0 bridgehead atoms. The van der Waals surface area contributed by atoms with Gasteiger partial charge in [-0.3, -0.25) is 0 Å². The average Bonchev–Trinajstić information content (AvgIpc) is 2.22. The van der Waals surface area contributed by atoms with Gasteiger partial charge in [0.15, 0.2) is 0 Å². The van der Waals surface area contributed by atoms with Crippen molar-refractivity contribution in [3.8, 4) is 0 Å².